The van der Waals surface area contributed by atoms with Crippen LogP contribution in [0.2, 0.25) is 0 Å². The highest BCUT2D eigenvalue weighted by Crippen LogP contribution is 2.32. The fourth-order valence-electron chi connectivity index (χ4n) is 2.53. The summed E-state index contributed by atoms with van der Waals surface area (Å²) >= 11 is 0. The number of nitrogens with zero attached hydrogens (tertiary/aromatic N) is 3. The topological polar surface area (TPSA) is 105 Å². The Kier molecular flexibility index (Phi) is 4.40. The normalized spacial score (nSPS) is 19.7. The van der Waals surface area contributed by atoms with Gasteiger partial charge in [-0.2, -0.15) is 31.4 Å². The Hall–Kier alpha value is -2.60. The number of carbonyl (C=O) groups is 1. The molecule has 0 bridgehead atoms. The first-order valence-corrected chi connectivity index (χ1v) is 8.72. The van der Waals surface area contributed by atoms with E-state index in [0.29, 0.717) is 11.8 Å². The fourth-order valence-corrected chi connectivity index (χ4v) is 3.94. The Labute approximate surface area is 146 Å². The van der Waals surface area contributed by atoms with Crippen LogP contribution in [0.3, 0.4) is 0 Å². The highest BCUT2D eigenvalue weighted by molar-refractivity contribution is 7.91. The third kappa shape index (κ3) is 3.51. The molecule has 12 heteroatoms. The van der Waals surface area contributed by atoms with Crippen LogP contribution in [0.1, 0.15) is 11.3 Å². The Morgan fingerprint density at radius 2 is 2.08 bits per heavy atom. The lowest BCUT2D eigenvalue weighted by Gasteiger charge is -2.17. The summed E-state index contributed by atoms with van der Waals surface area (Å²) in [5.74, 6) is -0.386. The first-order valence-electron chi connectivity index (χ1n) is 7.28. The first kappa shape index (κ1) is 18.2. The SMILES string of the molecule is O=CC1CN(c2ccc(Cn3ccc(C(F)(F)F)n3)cc2O)S(=O)(=O)N1. The number of aromatic nitrogens is 2. The summed E-state index contributed by atoms with van der Waals surface area (Å²) in [6, 6.07) is 3.90. The van der Waals surface area contributed by atoms with Crippen molar-refractivity contribution in [3.05, 3.63) is 41.7 Å². The molecular formula is C14H13F3N4O4S. The second-order valence-electron chi connectivity index (χ2n) is 5.62. The number of benzene rings is 1. The van der Waals surface area contributed by atoms with Gasteiger partial charge in [-0.3, -0.25) is 8.99 Å². The molecule has 0 saturated carbocycles. The van der Waals surface area contributed by atoms with Crippen LogP contribution in [0, 0.1) is 0 Å². The molecule has 0 aliphatic carbocycles. The van der Waals surface area contributed by atoms with Gasteiger partial charge in [0.1, 0.15) is 12.0 Å². The van der Waals surface area contributed by atoms with Crippen molar-refractivity contribution in [2.75, 3.05) is 10.8 Å². The number of hydrogen-bond acceptors (Lipinski definition) is 5. The van der Waals surface area contributed by atoms with Crippen LogP contribution in [0.15, 0.2) is 30.5 Å². The van der Waals surface area contributed by atoms with Gasteiger partial charge < -0.3 is 9.90 Å². The highest BCUT2D eigenvalue weighted by atomic mass is 32.2. The average Bonchev–Trinajstić information content (AvgIpc) is 3.11. The van der Waals surface area contributed by atoms with Crippen molar-refractivity contribution >= 4 is 22.2 Å². The molecule has 0 spiro atoms. The van der Waals surface area contributed by atoms with E-state index in [-0.39, 0.29) is 24.5 Å². The minimum atomic E-state index is -4.55. The maximum Gasteiger partial charge on any atom is 0.435 e. The van der Waals surface area contributed by atoms with E-state index in [9.17, 15) is 31.5 Å². The molecule has 1 fully saturated rings. The van der Waals surface area contributed by atoms with E-state index in [1.54, 1.807) is 0 Å². The lowest BCUT2D eigenvalue weighted by molar-refractivity contribution is -0.141. The van der Waals surface area contributed by atoms with Gasteiger partial charge in [0, 0.05) is 6.20 Å². The molecule has 2 N–H and O–H groups in total. The largest absolute Gasteiger partial charge is 0.506 e. The van der Waals surface area contributed by atoms with E-state index in [4.69, 9.17) is 0 Å². The van der Waals surface area contributed by atoms with Crippen molar-refractivity contribution < 1.29 is 31.5 Å². The Morgan fingerprint density at radius 1 is 1.35 bits per heavy atom. The average molecular weight is 390 g/mol. The lowest BCUT2D eigenvalue weighted by atomic mass is 10.2. The van der Waals surface area contributed by atoms with E-state index in [1.807, 2.05) is 0 Å². The van der Waals surface area contributed by atoms with E-state index in [1.165, 1.54) is 18.2 Å². The van der Waals surface area contributed by atoms with Crippen molar-refractivity contribution in [2.45, 2.75) is 18.8 Å². The first-order chi connectivity index (χ1) is 12.1. The molecule has 3 rings (SSSR count). The molecule has 1 unspecified atom stereocenters. The summed E-state index contributed by atoms with van der Waals surface area (Å²) in [4.78, 5) is 10.8. The quantitative estimate of drug-likeness (QED) is 0.754. The van der Waals surface area contributed by atoms with Gasteiger partial charge >= 0.3 is 16.4 Å². The predicted octanol–water partition coefficient (Wildman–Crippen LogP) is 0.878. The van der Waals surface area contributed by atoms with Crippen molar-refractivity contribution in [3.63, 3.8) is 0 Å². The number of hydrogen-bond donors (Lipinski definition) is 2. The van der Waals surface area contributed by atoms with E-state index in [2.05, 4.69) is 9.82 Å². The molecule has 26 heavy (non-hydrogen) atoms. The van der Waals surface area contributed by atoms with Crippen molar-refractivity contribution in [3.8, 4) is 5.75 Å². The van der Waals surface area contributed by atoms with Crippen LogP contribution in [-0.4, -0.2) is 42.2 Å². The van der Waals surface area contributed by atoms with Crippen LogP contribution < -0.4 is 9.03 Å². The number of halogens is 3. The van der Waals surface area contributed by atoms with Crippen LogP contribution >= 0.6 is 0 Å². The molecule has 1 aliphatic rings. The monoisotopic (exact) mass is 390 g/mol. The van der Waals surface area contributed by atoms with Crippen LogP contribution in [0.4, 0.5) is 18.9 Å². The Morgan fingerprint density at radius 3 is 2.62 bits per heavy atom. The maximum atomic E-state index is 12.6. The number of rotatable bonds is 4. The second-order valence-corrected chi connectivity index (χ2v) is 7.24. The summed E-state index contributed by atoms with van der Waals surface area (Å²) in [7, 11) is -3.96. The van der Waals surface area contributed by atoms with Crippen LogP contribution in [-0.2, 0) is 27.7 Å². The fraction of sp³-hybridized carbons (Fsp3) is 0.286. The number of anilines is 1. The highest BCUT2D eigenvalue weighted by Gasteiger charge is 2.36. The summed E-state index contributed by atoms with van der Waals surface area (Å²) in [6.07, 6.45) is -2.96. The maximum absolute atomic E-state index is 12.6. The zero-order valence-electron chi connectivity index (χ0n) is 13.0. The molecular weight excluding hydrogens is 377 g/mol. The van der Waals surface area contributed by atoms with E-state index < -0.39 is 28.1 Å². The van der Waals surface area contributed by atoms with Gasteiger partial charge in [-0.15, -0.1) is 0 Å². The van der Waals surface area contributed by atoms with Gasteiger partial charge in [0.15, 0.2) is 5.69 Å². The molecule has 1 aromatic heterocycles. The van der Waals surface area contributed by atoms with Crippen LogP contribution in [0.25, 0.3) is 0 Å². The van der Waals surface area contributed by atoms with Gasteiger partial charge in [-0.1, -0.05) is 6.07 Å². The molecule has 8 nitrogen and oxygen atoms in total. The third-order valence-corrected chi connectivity index (χ3v) is 5.23. The van der Waals surface area contributed by atoms with Gasteiger partial charge in [0.2, 0.25) is 0 Å². The summed E-state index contributed by atoms with van der Waals surface area (Å²) in [6.45, 7) is -0.223. The Balaban J connectivity index is 1.82. The second kappa shape index (κ2) is 6.29. The molecule has 2 aromatic rings. The number of aldehydes is 1. The number of phenols is 1. The standard InChI is InChI=1S/C14H13F3N4O4S/c15-14(16,17)13-3-4-20(18-13)6-9-1-2-11(12(23)5-9)21-7-10(8-22)19-26(21,24)25/h1-5,8,10,19,23H,6-7H2. The number of alkyl halides is 3. The van der Waals surface area contributed by atoms with E-state index >= 15 is 0 Å². The lowest BCUT2D eigenvalue weighted by Crippen LogP contribution is -2.30. The van der Waals surface area contributed by atoms with Crippen molar-refractivity contribution in [2.24, 2.45) is 0 Å². The number of aromatic hydroxyl groups is 1. The molecule has 0 amide bonds. The molecule has 1 aliphatic heterocycles. The molecule has 1 saturated heterocycles. The van der Waals surface area contributed by atoms with Crippen LogP contribution in [0.5, 0.6) is 5.75 Å². The predicted molar refractivity (Wildman–Crippen MR) is 83.7 cm³/mol. The van der Waals surface area contributed by atoms with Gasteiger partial charge in [-0.25, -0.2) is 0 Å². The van der Waals surface area contributed by atoms with Gasteiger partial charge in [0.25, 0.3) is 0 Å². The van der Waals surface area contributed by atoms with E-state index in [0.717, 1.165) is 21.3 Å². The minimum absolute atomic E-state index is 0.0398. The van der Waals surface area contributed by atoms with Gasteiger partial charge in [-0.05, 0) is 23.8 Å². The van der Waals surface area contributed by atoms with Crippen molar-refractivity contribution in [1.82, 2.24) is 14.5 Å². The molecule has 0 radical (unpaired) electrons. The molecule has 140 valence electrons. The number of phenolic OH excluding ortho intramolecular Hbond substituents is 1. The summed E-state index contributed by atoms with van der Waals surface area (Å²) < 4.78 is 65.6. The summed E-state index contributed by atoms with van der Waals surface area (Å²) in [5.41, 5.74) is -0.658. The Bertz CT molecular complexity index is 942. The number of carbonyl (C=O) groups excluding carboxylic acids is 1. The van der Waals surface area contributed by atoms with Gasteiger partial charge in [0.05, 0.1) is 24.8 Å². The molecule has 1 aromatic carbocycles. The summed E-state index contributed by atoms with van der Waals surface area (Å²) in [5, 5.41) is 13.5. The third-order valence-electron chi connectivity index (χ3n) is 3.70. The van der Waals surface area contributed by atoms with Crippen molar-refractivity contribution in [1.29, 1.82) is 0 Å². The zero-order valence-corrected chi connectivity index (χ0v) is 13.8. The smallest absolute Gasteiger partial charge is 0.435 e. The molecule has 1 atom stereocenters. The molecule has 2 heterocycles. The zero-order chi connectivity index (χ0) is 19.1. The number of nitrogens with one attached hydrogen (secondary N) is 1. The minimum Gasteiger partial charge on any atom is -0.506 e.